The molecule has 1 atom stereocenters. The summed E-state index contributed by atoms with van der Waals surface area (Å²) < 4.78 is 31.5. The van der Waals surface area contributed by atoms with Gasteiger partial charge in [-0.2, -0.15) is 11.8 Å². The Labute approximate surface area is 126 Å². The zero-order valence-corrected chi connectivity index (χ0v) is 13.4. The first-order valence-electron chi connectivity index (χ1n) is 6.17. The molecule has 1 aromatic rings. The number of sulfonamides is 1. The second-order valence-electron chi connectivity index (χ2n) is 4.32. The Morgan fingerprint density at radius 1 is 1.55 bits per heavy atom. The Morgan fingerprint density at radius 2 is 2.35 bits per heavy atom. The maximum atomic E-state index is 12.2. The molecule has 9 heteroatoms. The molecule has 0 spiro atoms. The van der Waals surface area contributed by atoms with E-state index in [9.17, 15) is 13.2 Å². The summed E-state index contributed by atoms with van der Waals surface area (Å²) in [6.45, 7) is 0.380. The minimum Gasteiger partial charge on any atom is -0.464 e. The standard InChI is InChI=1S/C11H16N2O4S3/c1-17-10(14)9-11(19-7-12-9)20(15,16)13-6-8-4-2-3-5-18-8/h7-8,13H,2-6H2,1H3. The molecule has 0 bridgehead atoms. The maximum Gasteiger partial charge on any atom is 0.358 e. The van der Waals surface area contributed by atoms with Gasteiger partial charge in [0.25, 0.3) is 10.0 Å². The van der Waals surface area contributed by atoms with Crippen molar-refractivity contribution in [3.63, 3.8) is 0 Å². The SMILES string of the molecule is COC(=O)c1ncsc1S(=O)(=O)NCC1CCCCS1. The molecule has 20 heavy (non-hydrogen) atoms. The second-order valence-corrected chi connectivity index (χ2v) is 8.55. The van der Waals surface area contributed by atoms with Gasteiger partial charge in [-0.1, -0.05) is 6.42 Å². The Kier molecular flexibility index (Phi) is 5.42. The summed E-state index contributed by atoms with van der Waals surface area (Å²) in [5.41, 5.74) is 1.18. The fraction of sp³-hybridized carbons (Fsp3) is 0.636. The number of aromatic nitrogens is 1. The molecule has 1 N–H and O–H groups in total. The van der Waals surface area contributed by atoms with Gasteiger partial charge in [-0.05, 0) is 18.6 Å². The molecule has 112 valence electrons. The van der Waals surface area contributed by atoms with Crippen LogP contribution in [-0.2, 0) is 14.8 Å². The highest BCUT2D eigenvalue weighted by molar-refractivity contribution is 8.00. The van der Waals surface area contributed by atoms with Gasteiger partial charge in [0.15, 0.2) is 9.90 Å². The average Bonchev–Trinajstić information content (AvgIpc) is 2.96. The fourth-order valence-corrected chi connectivity index (χ4v) is 5.50. The molecule has 0 aliphatic carbocycles. The number of thiazole rings is 1. The minimum absolute atomic E-state index is 0.0786. The molecular formula is C11H16N2O4S3. The molecule has 0 amide bonds. The molecule has 2 rings (SSSR count). The topological polar surface area (TPSA) is 85.4 Å². The van der Waals surface area contributed by atoms with E-state index in [1.165, 1.54) is 19.0 Å². The number of hydrogen-bond acceptors (Lipinski definition) is 7. The van der Waals surface area contributed by atoms with E-state index in [-0.39, 0.29) is 9.90 Å². The van der Waals surface area contributed by atoms with Crippen molar-refractivity contribution in [1.29, 1.82) is 0 Å². The van der Waals surface area contributed by atoms with Crippen LogP contribution in [0.25, 0.3) is 0 Å². The number of carbonyl (C=O) groups excluding carboxylic acids is 1. The van der Waals surface area contributed by atoms with Crippen molar-refractivity contribution in [3.8, 4) is 0 Å². The predicted molar refractivity (Wildman–Crippen MR) is 78.7 cm³/mol. The van der Waals surface area contributed by atoms with Crippen molar-refractivity contribution in [3.05, 3.63) is 11.2 Å². The summed E-state index contributed by atoms with van der Waals surface area (Å²) in [5.74, 6) is 0.332. The molecule has 1 aromatic heterocycles. The zero-order chi connectivity index (χ0) is 14.6. The molecular weight excluding hydrogens is 320 g/mol. The zero-order valence-electron chi connectivity index (χ0n) is 11.0. The molecule has 1 fully saturated rings. The van der Waals surface area contributed by atoms with Crippen molar-refractivity contribution >= 4 is 39.1 Å². The number of nitrogens with zero attached hydrogens (tertiary/aromatic N) is 1. The first-order valence-corrected chi connectivity index (χ1v) is 9.59. The van der Waals surface area contributed by atoms with Crippen LogP contribution in [0, 0.1) is 0 Å². The molecule has 0 aromatic carbocycles. The van der Waals surface area contributed by atoms with E-state index >= 15 is 0 Å². The Bertz CT molecular complexity index is 564. The molecule has 6 nitrogen and oxygen atoms in total. The third-order valence-electron chi connectivity index (χ3n) is 2.93. The summed E-state index contributed by atoms with van der Waals surface area (Å²) >= 11 is 2.70. The smallest absolute Gasteiger partial charge is 0.358 e. The molecule has 0 saturated carbocycles. The number of esters is 1. The van der Waals surface area contributed by atoms with Gasteiger partial charge in [0, 0.05) is 11.8 Å². The van der Waals surface area contributed by atoms with Crippen LogP contribution in [-0.4, -0.2) is 44.0 Å². The Morgan fingerprint density at radius 3 is 3.00 bits per heavy atom. The number of methoxy groups -OCH3 is 1. The molecule has 2 heterocycles. The van der Waals surface area contributed by atoms with E-state index in [0.717, 1.165) is 29.9 Å². The van der Waals surface area contributed by atoms with Crippen LogP contribution in [0.1, 0.15) is 29.8 Å². The first kappa shape index (κ1) is 15.7. The van der Waals surface area contributed by atoms with Crippen molar-refractivity contribution in [2.24, 2.45) is 0 Å². The van der Waals surface area contributed by atoms with Crippen molar-refractivity contribution < 1.29 is 17.9 Å². The van der Waals surface area contributed by atoms with Gasteiger partial charge in [0.05, 0.1) is 12.6 Å². The van der Waals surface area contributed by atoms with Gasteiger partial charge in [-0.25, -0.2) is 22.9 Å². The number of thioether (sulfide) groups is 1. The third kappa shape index (κ3) is 3.72. The number of ether oxygens (including phenoxy) is 1. The quantitative estimate of drug-likeness (QED) is 0.820. The van der Waals surface area contributed by atoms with Crippen molar-refractivity contribution in [2.45, 2.75) is 28.7 Å². The number of rotatable bonds is 5. The van der Waals surface area contributed by atoms with E-state index in [4.69, 9.17) is 0 Å². The fourth-order valence-electron chi connectivity index (χ4n) is 1.90. The molecule has 0 radical (unpaired) electrons. The van der Waals surface area contributed by atoms with Gasteiger partial charge >= 0.3 is 5.97 Å². The van der Waals surface area contributed by atoms with E-state index in [0.29, 0.717) is 11.8 Å². The second kappa shape index (κ2) is 6.88. The normalized spacial score (nSPS) is 19.8. The lowest BCUT2D eigenvalue weighted by molar-refractivity contribution is 0.0590. The largest absolute Gasteiger partial charge is 0.464 e. The third-order valence-corrected chi connectivity index (χ3v) is 7.12. The van der Waals surface area contributed by atoms with E-state index in [1.54, 1.807) is 11.8 Å². The number of nitrogens with one attached hydrogen (secondary N) is 1. The maximum absolute atomic E-state index is 12.2. The van der Waals surface area contributed by atoms with Crippen LogP contribution >= 0.6 is 23.1 Å². The van der Waals surface area contributed by atoms with Crippen LogP contribution in [0.3, 0.4) is 0 Å². The van der Waals surface area contributed by atoms with Crippen LogP contribution in [0.15, 0.2) is 9.72 Å². The summed E-state index contributed by atoms with van der Waals surface area (Å²) in [7, 11) is -2.51. The highest BCUT2D eigenvalue weighted by Crippen LogP contribution is 2.25. The van der Waals surface area contributed by atoms with Crippen molar-refractivity contribution in [2.75, 3.05) is 19.4 Å². The highest BCUT2D eigenvalue weighted by atomic mass is 32.2. The minimum atomic E-state index is -3.71. The molecule has 1 unspecified atom stereocenters. The lowest BCUT2D eigenvalue weighted by atomic mass is 10.2. The van der Waals surface area contributed by atoms with Crippen LogP contribution in [0.4, 0.5) is 0 Å². The Balaban J connectivity index is 2.06. The number of hydrogen-bond donors (Lipinski definition) is 1. The molecule has 1 aliphatic heterocycles. The first-order chi connectivity index (χ1) is 9.54. The monoisotopic (exact) mass is 336 g/mol. The number of carbonyl (C=O) groups is 1. The van der Waals surface area contributed by atoms with Crippen LogP contribution in [0.2, 0.25) is 0 Å². The van der Waals surface area contributed by atoms with Crippen molar-refractivity contribution in [1.82, 2.24) is 9.71 Å². The summed E-state index contributed by atoms with van der Waals surface area (Å²) in [6.07, 6.45) is 3.34. The lowest BCUT2D eigenvalue weighted by Crippen LogP contribution is -2.32. The lowest BCUT2D eigenvalue weighted by Gasteiger charge is -2.21. The van der Waals surface area contributed by atoms with Gasteiger partial charge in [0.1, 0.15) is 0 Å². The van der Waals surface area contributed by atoms with Gasteiger partial charge in [-0.15, -0.1) is 11.3 Å². The highest BCUT2D eigenvalue weighted by Gasteiger charge is 2.27. The van der Waals surface area contributed by atoms with E-state index < -0.39 is 16.0 Å². The molecule has 1 saturated heterocycles. The average molecular weight is 336 g/mol. The van der Waals surface area contributed by atoms with E-state index in [1.807, 2.05) is 0 Å². The van der Waals surface area contributed by atoms with Crippen LogP contribution < -0.4 is 4.72 Å². The van der Waals surface area contributed by atoms with Gasteiger partial charge < -0.3 is 4.74 Å². The van der Waals surface area contributed by atoms with E-state index in [2.05, 4.69) is 14.4 Å². The summed E-state index contributed by atoms with van der Waals surface area (Å²) in [4.78, 5) is 15.2. The van der Waals surface area contributed by atoms with Gasteiger partial charge in [-0.3, -0.25) is 0 Å². The summed E-state index contributed by atoms with van der Waals surface area (Å²) in [6, 6.07) is 0. The predicted octanol–water partition coefficient (Wildman–Crippen LogP) is 1.49. The van der Waals surface area contributed by atoms with Gasteiger partial charge in [0.2, 0.25) is 0 Å². The summed E-state index contributed by atoms with van der Waals surface area (Å²) in [5, 5.41) is 0.299. The van der Waals surface area contributed by atoms with Crippen LogP contribution in [0.5, 0.6) is 0 Å². The molecule has 1 aliphatic rings. The Hall–Kier alpha value is -0.640.